The van der Waals surface area contributed by atoms with Crippen molar-refractivity contribution in [3.05, 3.63) is 0 Å². The molecule has 0 spiro atoms. The predicted octanol–water partition coefficient (Wildman–Crippen LogP) is 6.23. The Morgan fingerprint density at radius 1 is 0.923 bits per heavy atom. The highest BCUT2D eigenvalue weighted by atomic mass is 16.5. The zero-order valence-corrected chi connectivity index (χ0v) is 17.7. The van der Waals surface area contributed by atoms with Crippen LogP contribution >= 0.6 is 0 Å². The lowest BCUT2D eigenvalue weighted by Gasteiger charge is -2.61. The summed E-state index contributed by atoms with van der Waals surface area (Å²) in [6, 6.07) is 0. The van der Waals surface area contributed by atoms with Crippen LogP contribution in [0.15, 0.2) is 0 Å². The highest BCUT2D eigenvalue weighted by molar-refractivity contribution is 5.66. The van der Waals surface area contributed by atoms with E-state index < -0.39 is 0 Å². The van der Waals surface area contributed by atoms with Crippen LogP contribution in [0.1, 0.15) is 92.4 Å². The van der Waals surface area contributed by atoms with E-state index in [0.29, 0.717) is 5.41 Å². The minimum absolute atomic E-state index is 0.0818. The smallest absolute Gasteiger partial charge is 0.302 e. The third kappa shape index (κ3) is 2.76. The lowest BCUT2D eigenvalue weighted by molar-refractivity contribution is -0.162. The molecule has 26 heavy (non-hydrogen) atoms. The van der Waals surface area contributed by atoms with Gasteiger partial charge in [0.15, 0.2) is 0 Å². The number of carbonyl (C=O) groups excluding carboxylic acids is 1. The maximum absolute atomic E-state index is 11.6. The molecule has 4 fully saturated rings. The van der Waals surface area contributed by atoms with Gasteiger partial charge in [-0.2, -0.15) is 0 Å². The number of carbonyl (C=O) groups is 1. The second-order valence-corrected chi connectivity index (χ2v) is 11.2. The summed E-state index contributed by atoms with van der Waals surface area (Å²) < 4.78 is 5.80. The second-order valence-electron chi connectivity index (χ2n) is 11.2. The van der Waals surface area contributed by atoms with Crippen molar-refractivity contribution in [2.24, 2.45) is 46.3 Å². The topological polar surface area (TPSA) is 26.3 Å². The van der Waals surface area contributed by atoms with Crippen molar-refractivity contribution in [2.45, 2.75) is 98.5 Å². The van der Waals surface area contributed by atoms with Gasteiger partial charge in [-0.15, -0.1) is 0 Å². The van der Waals surface area contributed by atoms with Crippen molar-refractivity contribution in [1.82, 2.24) is 0 Å². The van der Waals surface area contributed by atoms with Crippen molar-refractivity contribution in [3.63, 3.8) is 0 Å². The molecule has 0 amide bonds. The largest absolute Gasteiger partial charge is 0.462 e. The minimum Gasteiger partial charge on any atom is -0.462 e. The fraction of sp³-hybridized carbons (Fsp3) is 0.958. The first-order valence-corrected chi connectivity index (χ1v) is 11.4. The predicted molar refractivity (Wildman–Crippen MR) is 106 cm³/mol. The Morgan fingerprint density at radius 3 is 2.31 bits per heavy atom. The monoisotopic (exact) mass is 360 g/mol. The average molecular weight is 361 g/mol. The molecule has 0 bridgehead atoms. The number of esters is 1. The van der Waals surface area contributed by atoms with Crippen LogP contribution in [-0.2, 0) is 9.53 Å². The van der Waals surface area contributed by atoms with Crippen molar-refractivity contribution >= 4 is 5.97 Å². The number of rotatable bonds is 2. The van der Waals surface area contributed by atoms with Gasteiger partial charge in [-0.25, -0.2) is 0 Å². The summed E-state index contributed by atoms with van der Waals surface area (Å²) >= 11 is 0. The van der Waals surface area contributed by atoms with Gasteiger partial charge in [0.2, 0.25) is 0 Å². The van der Waals surface area contributed by atoms with E-state index in [4.69, 9.17) is 4.74 Å². The Hall–Kier alpha value is -0.530. The Kier molecular flexibility index (Phi) is 4.72. The Balaban J connectivity index is 1.54. The van der Waals surface area contributed by atoms with Crippen LogP contribution in [0.25, 0.3) is 0 Å². The molecule has 4 aliphatic carbocycles. The first-order valence-electron chi connectivity index (χ1n) is 11.4. The Labute approximate surface area is 160 Å². The molecule has 148 valence electrons. The molecular formula is C24H40O2. The van der Waals surface area contributed by atoms with Gasteiger partial charge in [0.05, 0.1) is 0 Å². The summed E-state index contributed by atoms with van der Waals surface area (Å²) in [7, 11) is 0. The number of ether oxygens (including phenoxy) is 1. The minimum atomic E-state index is -0.0818. The van der Waals surface area contributed by atoms with Crippen LogP contribution in [0, 0.1) is 46.3 Å². The van der Waals surface area contributed by atoms with Gasteiger partial charge < -0.3 is 4.74 Å². The van der Waals surface area contributed by atoms with E-state index >= 15 is 0 Å². The molecule has 0 aliphatic heterocycles. The zero-order valence-electron chi connectivity index (χ0n) is 17.7. The molecular weight excluding hydrogens is 320 g/mol. The summed E-state index contributed by atoms with van der Waals surface area (Å²) in [6.07, 6.45) is 12.5. The van der Waals surface area contributed by atoms with E-state index in [1.807, 2.05) is 0 Å². The van der Waals surface area contributed by atoms with Crippen LogP contribution in [0.3, 0.4) is 0 Å². The van der Waals surface area contributed by atoms with Gasteiger partial charge in [-0.1, -0.05) is 27.7 Å². The van der Waals surface area contributed by atoms with Crippen LogP contribution in [-0.4, -0.2) is 12.1 Å². The number of hydrogen-bond donors (Lipinski definition) is 0. The summed E-state index contributed by atoms with van der Waals surface area (Å²) in [5.74, 6) is 5.27. The van der Waals surface area contributed by atoms with Crippen LogP contribution in [0.5, 0.6) is 0 Å². The van der Waals surface area contributed by atoms with Gasteiger partial charge in [-0.3, -0.25) is 4.79 Å². The zero-order chi connectivity index (χ0) is 18.7. The molecule has 4 aliphatic rings. The van der Waals surface area contributed by atoms with Crippen molar-refractivity contribution < 1.29 is 9.53 Å². The molecule has 0 heterocycles. The lowest BCUT2D eigenvalue weighted by atomic mass is 9.44. The maximum Gasteiger partial charge on any atom is 0.302 e. The fourth-order valence-electron chi connectivity index (χ4n) is 8.24. The number of hydrogen-bond acceptors (Lipinski definition) is 2. The quantitative estimate of drug-likeness (QED) is 0.545. The first-order chi connectivity index (χ1) is 12.3. The highest BCUT2D eigenvalue weighted by Gasteiger charge is 2.61. The van der Waals surface area contributed by atoms with E-state index in [0.717, 1.165) is 41.9 Å². The molecule has 0 aromatic rings. The molecule has 0 aromatic carbocycles. The third-order valence-corrected chi connectivity index (χ3v) is 9.87. The molecule has 4 rings (SSSR count). The third-order valence-electron chi connectivity index (χ3n) is 9.87. The fourth-order valence-corrected chi connectivity index (χ4v) is 8.24. The molecule has 0 saturated heterocycles. The summed E-state index contributed by atoms with van der Waals surface area (Å²) in [6.45, 7) is 11.5. The second kappa shape index (κ2) is 6.52. The molecule has 2 nitrogen and oxygen atoms in total. The molecule has 2 heteroatoms. The molecule has 0 radical (unpaired) electrons. The highest BCUT2D eigenvalue weighted by Crippen LogP contribution is 2.67. The molecule has 0 aromatic heterocycles. The van der Waals surface area contributed by atoms with Gasteiger partial charge in [0, 0.05) is 12.3 Å². The van der Waals surface area contributed by atoms with E-state index in [1.165, 1.54) is 51.4 Å². The van der Waals surface area contributed by atoms with Gasteiger partial charge >= 0.3 is 5.97 Å². The normalized spacial score (nSPS) is 50.7. The van der Waals surface area contributed by atoms with Crippen molar-refractivity contribution in [2.75, 3.05) is 0 Å². The van der Waals surface area contributed by atoms with Crippen LogP contribution < -0.4 is 0 Å². The Morgan fingerprint density at radius 2 is 1.62 bits per heavy atom. The average Bonchev–Trinajstić information content (AvgIpc) is 2.90. The summed E-state index contributed by atoms with van der Waals surface area (Å²) in [4.78, 5) is 11.6. The van der Waals surface area contributed by atoms with Crippen LogP contribution in [0.2, 0.25) is 0 Å². The molecule has 8 atom stereocenters. The van der Waals surface area contributed by atoms with Crippen molar-refractivity contribution in [3.8, 4) is 0 Å². The van der Waals surface area contributed by atoms with Crippen LogP contribution in [0.4, 0.5) is 0 Å². The first kappa shape index (κ1) is 18.8. The van der Waals surface area contributed by atoms with E-state index in [2.05, 4.69) is 27.7 Å². The Bertz CT molecular complexity index is 554. The SMILES string of the molecule is CC(=O)O[C@H]1CC[C@@H]2[C@@H]3CC[C@H]4C[C@@H](C(C)C)CC[C@]4(C)[C@H]3CC[C@]12C. The molecule has 0 unspecified atom stereocenters. The van der Waals surface area contributed by atoms with Gasteiger partial charge in [0.25, 0.3) is 0 Å². The van der Waals surface area contributed by atoms with Gasteiger partial charge in [0.1, 0.15) is 6.10 Å². The summed E-state index contributed by atoms with van der Waals surface area (Å²) in [5, 5.41) is 0. The van der Waals surface area contributed by atoms with E-state index in [1.54, 1.807) is 6.92 Å². The maximum atomic E-state index is 11.6. The molecule has 0 N–H and O–H groups in total. The van der Waals surface area contributed by atoms with Crippen molar-refractivity contribution in [1.29, 1.82) is 0 Å². The summed E-state index contributed by atoms with van der Waals surface area (Å²) in [5.41, 5.74) is 0.820. The van der Waals surface area contributed by atoms with E-state index in [9.17, 15) is 4.79 Å². The molecule has 4 saturated carbocycles. The number of fused-ring (bicyclic) bond motifs is 5. The van der Waals surface area contributed by atoms with Gasteiger partial charge in [-0.05, 0) is 98.7 Å². The lowest BCUT2D eigenvalue weighted by Crippen LogP contribution is -2.54. The van der Waals surface area contributed by atoms with E-state index in [-0.39, 0.29) is 17.5 Å². The standard InChI is InChI=1S/C24H40O2/c1-15(2)17-10-12-23(4)18(14-17)6-7-19-20-8-9-22(26-16(3)25)24(20,5)13-11-21(19)23/h15,17-22H,6-14H2,1-5H3/t17-,18-,19-,20+,21-,22-,23-,24-/m0/s1.